The van der Waals surface area contributed by atoms with E-state index in [4.69, 9.17) is 15.3 Å². The summed E-state index contributed by atoms with van der Waals surface area (Å²) in [6.45, 7) is 8.31. The van der Waals surface area contributed by atoms with Gasteiger partial charge in [0, 0.05) is 18.6 Å². The molecule has 4 nitrogen and oxygen atoms in total. The Kier molecular flexibility index (Phi) is 13.3. The molecule has 4 N–H and O–H groups in total. The van der Waals surface area contributed by atoms with E-state index in [1.54, 1.807) is 0 Å². The Hall–Kier alpha value is -0.160. The standard InChI is InChI=1S/C8H18O2.C6H14O2/c1-4-5-7(10)8(2,3)6-9;1-6(2-4-7)3-5-8/h7,9-10H,4-6H2,1-3H3;6-8H,2-5H2,1H3. The first-order chi connectivity index (χ1) is 8.35. The second kappa shape index (κ2) is 11.9. The molecule has 4 heteroatoms. The van der Waals surface area contributed by atoms with E-state index < -0.39 is 0 Å². The fourth-order valence-corrected chi connectivity index (χ4v) is 1.35. The molecule has 0 saturated carbocycles. The van der Waals surface area contributed by atoms with Crippen molar-refractivity contribution >= 4 is 0 Å². The van der Waals surface area contributed by atoms with Gasteiger partial charge in [0.25, 0.3) is 0 Å². The van der Waals surface area contributed by atoms with Crippen molar-refractivity contribution in [3.8, 4) is 0 Å². The zero-order valence-corrected chi connectivity index (χ0v) is 12.4. The highest BCUT2D eigenvalue weighted by atomic mass is 16.3. The Morgan fingerprint density at radius 2 is 1.39 bits per heavy atom. The second-order valence-electron chi connectivity index (χ2n) is 5.58. The van der Waals surface area contributed by atoms with E-state index >= 15 is 0 Å². The highest BCUT2D eigenvalue weighted by Gasteiger charge is 2.25. The maximum atomic E-state index is 9.42. The van der Waals surface area contributed by atoms with Gasteiger partial charge in [0.05, 0.1) is 12.7 Å². The van der Waals surface area contributed by atoms with Crippen LogP contribution >= 0.6 is 0 Å². The molecule has 0 radical (unpaired) electrons. The van der Waals surface area contributed by atoms with Crippen molar-refractivity contribution in [2.45, 2.75) is 59.5 Å². The van der Waals surface area contributed by atoms with Crippen LogP contribution < -0.4 is 0 Å². The molecule has 0 saturated heterocycles. The molecular weight excluding hydrogens is 232 g/mol. The predicted octanol–water partition coefficient (Wildman–Crippen LogP) is 1.55. The van der Waals surface area contributed by atoms with Gasteiger partial charge in [-0.15, -0.1) is 0 Å². The van der Waals surface area contributed by atoms with Crippen LogP contribution in [0.1, 0.15) is 53.4 Å². The van der Waals surface area contributed by atoms with Gasteiger partial charge in [-0.2, -0.15) is 0 Å². The van der Waals surface area contributed by atoms with Gasteiger partial charge in [0.15, 0.2) is 0 Å². The summed E-state index contributed by atoms with van der Waals surface area (Å²) in [5, 5.41) is 35.0. The van der Waals surface area contributed by atoms with Crippen LogP contribution in [0, 0.1) is 11.3 Å². The first-order valence-electron chi connectivity index (χ1n) is 6.86. The maximum absolute atomic E-state index is 9.42. The van der Waals surface area contributed by atoms with Crippen LogP contribution in [0.3, 0.4) is 0 Å². The first kappa shape index (κ1) is 20.2. The topological polar surface area (TPSA) is 80.9 Å². The number of hydrogen-bond donors (Lipinski definition) is 4. The van der Waals surface area contributed by atoms with E-state index in [1.807, 2.05) is 27.7 Å². The maximum Gasteiger partial charge on any atom is 0.0612 e. The molecule has 0 rings (SSSR count). The number of aliphatic hydroxyl groups excluding tert-OH is 4. The number of aliphatic hydroxyl groups is 4. The van der Waals surface area contributed by atoms with Crippen LogP contribution in [0.4, 0.5) is 0 Å². The minimum Gasteiger partial charge on any atom is -0.396 e. The molecule has 0 aromatic carbocycles. The van der Waals surface area contributed by atoms with Gasteiger partial charge in [0.2, 0.25) is 0 Å². The van der Waals surface area contributed by atoms with E-state index in [9.17, 15) is 5.11 Å². The summed E-state index contributed by atoms with van der Waals surface area (Å²) >= 11 is 0. The van der Waals surface area contributed by atoms with E-state index in [0.717, 1.165) is 25.7 Å². The van der Waals surface area contributed by atoms with Gasteiger partial charge in [-0.05, 0) is 25.2 Å². The summed E-state index contributed by atoms with van der Waals surface area (Å²) in [6, 6.07) is 0. The molecule has 0 amide bonds. The molecule has 0 aliphatic carbocycles. The lowest BCUT2D eigenvalue weighted by molar-refractivity contribution is 0.00254. The second-order valence-corrected chi connectivity index (χ2v) is 5.58. The fraction of sp³-hybridized carbons (Fsp3) is 1.00. The minimum atomic E-state index is -0.373. The summed E-state index contributed by atoms with van der Waals surface area (Å²) in [6.07, 6.45) is 2.97. The van der Waals surface area contributed by atoms with Gasteiger partial charge in [-0.3, -0.25) is 0 Å². The summed E-state index contributed by atoms with van der Waals surface area (Å²) in [5.41, 5.74) is -0.337. The quantitative estimate of drug-likeness (QED) is 0.536. The Balaban J connectivity index is 0. The molecule has 112 valence electrons. The largest absolute Gasteiger partial charge is 0.396 e. The third kappa shape index (κ3) is 11.0. The molecule has 0 fully saturated rings. The van der Waals surface area contributed by atoms with Crippen molar-refractivity contribution in [3.63, 3.8) is 0 Å². The monoisotopic (exact) mass is 264 g/mol. The normalized spacial score (nSPS) is 13.2. The predicted molar refractivity (Wildman–Crippen MR) is 74.4 cm³/mol. The van der Waals surface area contributed by atoms with Crippen LogP contribution in [0.5, 0.6) is 0 Å². The van der Waals surface area contributed by atoms with Crippen LogP contribution in [0.25, 0.3) is 0 Å². The molecule has 1 unspecified atom stereocenters. The Labute approximate surface area is 112 Å². The van der Waals surface area contributed by atoms with Crippen molar-refractivity contribution in [2.75, 3.05) is 19.8 Å². The zero-order chi connectivity index (χ0) is 14.6. The molecule has 0 aliphatic heterocycles. The third-order valence-corrected chi connectivity index (χ3v) is 3.12. The van der Waals surface area contributed by atoms with Crippen LogP contribution in [0.2, 0.25) is 0 Å². The molecule has 18 heavy (non-hydrogen) atoms. The van der Waals surface area contributed by atoms with Gasteiger partial charge in [0.1, 0.15) is 0 Å². The lowest BCUT2D eigenvalue weighted by Gasteiger charge is -2.27. The van der Waals surface area contributed by atoms with Gasteiger partial charge < -0.3 is 20.4 Å². The lowest BCUT2D eigenvalue weighted by atomic mass is 9.85. The summed E-state index contributed by atoms with van der Waals surface area (Å²) in [4.78, 5) is 0. The van der Waals surface area contributed by atoms with Crippen molar-refractivity contribution < 1.29 is 20.4 Å². The average Bonchev–Trinajstić information content (AvgIpc) is 2.31. The molecule has 0 bridgehead atoms. The summed E-state index contributed by atoms with van der Waals surface area (Å²) in [7, 11) is 0. The van der Waals surface area contributed by atoms with Crippen LogP contribution in [-0.2, 0) is 0 Å². The number of hydrogen-bond acceptors (Lipinski definition) is 4. The molecule has 0 aromatic rings. The van der Waals surface area contributed by atoms with Gasteiger partial charge in [-0.1, -0.05) is 34.1 Å². The highest BCUT2D eigenvalue weighted by molar-refractivity contribution is 4.75. The van der Waals surface area contributed by atoms with Crippen LogP contribution in [-0.4, -0.2) is 46.4 Å². The Morgan fingerprint density at radius 3 is 1.67 bits per heavy atom. The smallest absolute Gasteiger partial charge is 0.0612 e. The third-order valence-electron chi connectivity index (χ3n) is 3.12. The lowest BCUT2D eigenvalue weighted by Crippen LogP contribution is -2.32. The van der Waals surface area contributed by atoms with Crippen molar-refractivity contribution in [1.82, 2.24) is 0 Å². The van der Waals surface area contributed by atoms with Crippen LogP contribution in [0.15, 0.2) is 0 Å². The van der Waals surface area contributed by atoms with Crippen molar-refractivity contribution in [3.05, 3.63) is 0 Å². The van der Waals surface area contributed by atoms with Gasteiger partial charge >= 0.3 is 0 Å². The molecule has 0 spiro atoms. The molecule has 0 aromatic heterocycles. The van der Waals surface area contributed by atoms with Crippen molar-refractivity contribution in [2.24, 2.45) is 11.3 Å². The Morgan fingerprint density at radius 1 is 0.944 bits per heavy atom. The average molecular weight is 264 g/mol. The highest BCUT2D eigenvalue weighted by Crippen LogP contribution is 2.22. The van der Waals surface area contributed by atoms with E-state index in [2.05, 4.69) is 0 Å². The molecule has 1 atom stereocenters. The SMILES string of the molecule is CC(CCO)CCO.CCCC(O)C(C)(C)CO. The fourth-order valence-electron chi connectivity index (χ4n) is 1.35. The van der Waals surface area contributed by atoms with Gasteiger partial charge in [-0.25, -0.2) is 0 Å². The summed E-state index contributed by atoms with van der Waals surface area (Å²) in [5.74, 6) is 0.463. The first-order valence-corrected chi connectivity index (χ1v) is 6.86. The molecule has 0 aliphatic rings. The van der Waals surface area contributed by atoms with E-state index in [1.165, 1.54) is 0 Å². The van der Waals surface area contributed by atoms with E-state index in [-0.39, 0.29) is 31.3 Å². The number of rotatable bonds is 8. The zero-order valence-electron chi connectivity index (χ0n) is 12.4. The molecule has 0 heterocycles. The summed E-state index contributed by atoms with van der Waals surface area (Å²) < 4.78 is 0. The Bertz CT molecular complexity index is 165. The van der Waals surface area contributed by atoms with E-state index in [0.29, 0.717) is 5.92 Å². The van der Waals surface area contributed by atoms with Crippen molar-refractivity contribution in [1.29, 1.82) is 0 Å². The molecular formula is C14H32O4. The minimum absolute atomic E-state index is 0.0498.